The summed E-state index contributed by atoms with van der Waals surface area (Å²) in [6.45, 7) is 4.65. The molecule has 1 amide bonds. The van der Waals surface area contributed by atoms with E-state index in [1.807, 2.05) is 62.2 Å². The second kappa shape index (κ2) is 8.08. The third kappa shape index (κ3) is 4.65. The van der Waals surface area contributed by atoms with Crippen LogP contribution in [0.2, 0.25) is 0 Å². The zero-order chi connectivity index (χ0) is 18.5. The summed E-state index contributed by atoms with van der Waals surface area (Å²) in [6.07, 6.45) is 6.98. The lowest BCUT2D eigenvalue weighted by Crippen LogP contribution is -2.24. The number of carbonyl (C=O) groups is 1. The highest BCUT2D eigenvalue weighted by Crippen LogP contribution is 2.22. The third-order valence-corrected chi connectivity index (χ3v) is 4.14. The number of H-pyrrole nitrogens is 1. The molecule has 0 unspecified atom stereocenters. The van der Waals surface area contributed by atoms with E-state index in [2.05, 4.69) is 15.4 Å². The second-order valence-electron chi connectivity index (χ2n) is 6.83. The van der Waals surface area contributed by atoms with Crippen molar-refractivity contribution in [3.8, 4) is 5.75 Å². The summed E-state index contributed by atoms with van der Waals surface area (Å²) < 4.78 is 7.51. The molecule has 3 aromatic rings. The van der Waals surface area contributed by atoms with Gasteiger partial charge in [0, 0.05) is 30.7 Å². The summed E-state index contributed by atoms with van der Waals surface area (Å²) in [5.41, 5.74) is 2.74. The number of hydrogen-bond donors (Lipinski definition) is 2. The first-order valence-corrected chi connectivity index (χ1v) is 9.06. The van der Waals surface area contributed by atoms with E-state index in [9.17, 15) is 4.79 Å². The third-order valence-electron chi connectivity index (χ3n) is 4.14. The van der Waals surface area contributed by atoms with Crippen LogP contribution in [0.25, 0.3) is 10.9 Å². The molecule has 138 valence electrons. The van der Waals surface area contributed by atoms with Gasteiger partial charge < -0.3 is 15.0 Å². The van der Waals surface area contributed by atoms with Gasteiger partial charge in [0.05, 0.1) is 12.3 Å². The fraction of sp³-hybridized carbons (Fsp3) is 0.400. The Balaban J connectivity index is 1.49. The highest BCUT2D eigenvalue weighted by Gasteiger charge is 2.10. The monoisotopic (exact) mass is 354 g/mol. The molecule has 2 aromatic heterocycles. The second-order valence-corrected chi connectivity index (χ2v) is 6.83. The van der Waals surface area contributed by atoms with Gasteiger partial charge in [-0.05, 0) is 62.9 Å². The van der Waals surface area contributed by atoms with Gasteiger partial charge in [0.25, 0.3) is 5.91 Å². The van der Waals surface area contributed by atoms with Gasteiger partial charge in [-0.25, -0.2) is 0 Å². The maximum absolute atomic E-state index is 12.3. The van der Waals surface area contributed by atoms with E-state index in [4.69, 9.17) is 4.74 Å². The van der Waals surface area contributed by atoms with Crippen molar-refractivity contribution in [2.45, 2.75) is 39.2 Å². The molecule has 2 N–H and O–H groups in total. The molecular weight excluding hydrogens is 328 g/mol. The number of aryl methyl sites for hydroxylation is 2. The molecule has 0 fully saturated rings. The zero-order valence-corrected chi connectivity index (χ0v) is 15.6. The number of aromatic amines is 1. The number of aromatic nitrogens is 3. The number of hydrogen-bond acceptors (Lipinski definition) is 3. The van der Waals surface area contributed by atoms with Gasteiger partial charge in [-0.15, -0.1) is 0 Å². The first-order valence-electron chi connectivity index (χ1n) is 9.06. The standard InChI is InChI=1S/C20H26N4O2/c1-14(2)26-17-7-8-18-16(10-17)11-19(23-18)20(25)21-9-5-4-6-15-12-22-24(3)13-15/h7-8,10-14,23H,4-6,9H2,1-3H3,(H,21,25). The number of amides is 1. The van der Waals surface area contributed by atoms with Crippen molar-refractivity contribution in [1.82, 2.24) is 20.1 Å². The van der Waals surface area contributed by atoms with E-state index in [1.54, 1.807) is 0 Å². The van der Waals surface area contributed by atoms with Crippen LogP contribution < -0.4 is 10.1 Å². The van der Waals surface area contributed by atoms with Crippen molar-refractivity contribution in [3.05, 3.63) is 47.9 Å². The van der Waals surface area contributed by atoms with Crippen molar-refractivity contribution in [2.24, 2.45) is 7.05 Å². The molecule has 3 rings (SSSR count). The van der Waals surface area contributed by atoms with Gasteiger partial charge in [0.2, 0.25) is 0 Å². The number of nitrogens with one attached hydrogen (secondary N) is 2. The van der Waals surface area contributed by atoms with Gasteiger partial charge in [0.15, 0.2) is 0 Å². The van der Waals surface area contributed by atoms with Crippen molar-refractivity contribution >= 4 is 16.8 Å². The van der Waals surface area contributed by atoms with E-state index < -0.39 is 0 Å². The lowest BCUT2D eigenvalue weighted by molar-refractivity contribution is 0.0949. The molecule has 26 heavy (non-hydrogen) atoms. The lowest BCUT2D eigenvalue weighted by Gasteiger charge is -2.08. The Labute approximate surface area is 153 Å². The quantitative estimate of drug-likeness (QED) is 0.609. The molecule has 0 saturated carbocycles. The highest BCUT2D eigenvalue weighted by atomic mass is 16.5. The van der Waals surface area contributed by atoms with E-state index in [1.165, 1.54) is 5.56 Å². The number of ether oxygens (including phenoxy) is 1. The molecule has 0 radical (unpaired) electrons. The van der Waals surface area contributed by atoms with Crippen LogP contribution in [0.3, 0.4) is 0 Å². The largest absolute Gasteiger partial charge is 0.491 e. The number of unbranched alkanes of at least 4 members (excludes halogenated alkanes) is 1. The maximum atomic E-state index is 12.3. The number of nitrogens with zero attached hydrogens (tertiary/aromatic N) is 2. The predicted molar refractivity (Wildman–Crippen MR) is 103 cm³/mol. The van der Waals surface area contributed by atoms with Crippen LogP contribution in [0.1, 0.15) is 42.7 Å². The molecule has 0 bridgehead atoms. The Morgan fingerprint density at radius 1 is 1.31 bits per heavy atom. The average Bonchev–Trinajstić information content (AvgIpc) is 3.19. The summed E-state index contributed by atoms with van der Waals surface area (Å²) in [5.74, 6) is 0.739. The normalized spacial score (nSPS) is 11.2. The molecule has 1 aromatic carbocycles. The predicted octanol–water partition coefficient (Wildman–Crippen LogP) is 3.44. The Bertz CT molecular complexity index is 879. The number of fused-ring (bicyclic) bond motifs is 1. The molecule has 6 nitrogen and oxygen atoms in total. The van der Waals surface area contributed by atoms with Crippen molar-refractivity contribution in [1.29, 1.82) is 0 Å². The SMILES string of the molecule is CC(C)Oc1ccc2[nH]c(C(=O)NCCCCc3cnn(C)c3)cc2c1. The minimum atomic E-state index is -0.0751. The van der Waals surface area contributed by atoms with Gasteiger partial charge in [0.1, 0.15) is 11.4 Å². The van der Waals surface area contributed by atoms with Crippen LogP contribution in [0.15, 0.2) is 36.7 Å². The average molecular weight is 354 g/mol. The molecular formula is C20H26N4O2. The van der Waals surface area contributed by atoms with Crippen molar-refractivity contribution < 1.29 is 9.53 Å². The molecule has 0 saturated heterocycles. The molecule has 0 atom stereocenters. The molecule has 0 aliphatic rings. The van der Waals surface area contributed by atoms with Crippen LogP contribution in [-0.4, -0.2) is 33.3 Å². The van der Waals surface area contributed by atoms with Crippen LogP contribution in [0.4, 0.5) is 0 Å². The van der Waals surface area contributed by atoms with Gasteiger partial charge in [-0.1, -0.05) is 0 Å². The minimum Gasteiger partial charge on any atom is -0.491 e. The first kappa shape index (κ1) is 18.0. The first-order chi connectivity index (χ1) is 12.5. The summed E-state index contributed by atoms with van der Waals surface area (Å²) in [6, 6.07) is 7.68. The zero-order valence-electron chi connectivity index (χ0n) is 15.6. The summed E-state index contributed by atoms with van der Waals surface area (Å²) in [5, 5.41) is 8.11. The fourth-order valence-corrected chi connectivity index (χ4v) is 2.93. The summed E-state index contributed by atoms with van der Waals surface area (Å²) >= 11 is 0. The number of carbonyl (C=O) groups excluding carboxylic acids is 1. The van der Waals surface area contributed by atoms with E-state index in [0.29, 0.717) is 12.2 Å². The highest BCUT2D eigenvalue weighted by molar-refractivity contribution is 5.98. The summed E-state index contributed by atoms with van der Waals surface area (Å²) in [7, 11) is 1.92. The van der Waals surface area contributed by atoms with Crippen molar-refractivity contribution in [2.75, 3.05) is 6.54 Å². The van der Waals surface area contributed by atoms with Crippen LogP contribution in [0.5, 0.6) is 5.75 Å². The number of rotatable bonds is 8. The molecule has 0 spiro atoms. The maximum Gasteiger partial charge on any atom is 0.267 e. The van der Waals surface area contributed by atoms with Gasteiger partial charge in [-0.3, -0.25) is 9.48 Å². The Kier molecular flexibility index (Phi) is 5.61. The molecule has 0 aliphatic heterocycles. The molecule has 2 heterocycles. The Morgan fingerprint density at radius 2 is 2.15 bits per heavy atom. The molecule has 6 heteroatoms. The van der Waals surface area contributed by atoms with E-state index >= 15 is 0 Å². The summed E-state index contributed by atoms with van der Waals surface area (Å²) in [4.78, 5) is 15.5. The Hall–Kier alpha value is -2.76. The molecule has 0 aliphatic carbocycles. The smallest absolute Gasteiger partial charge is 0.267 e. The fourth-order valence-electron chi connectivity index (χ4n) is 2.93. The number of benzene rings is 1. The van der Waals surface area contributed by atoms with E-state index in [-0.39, 0.29) is 12.0 Å². The minimum absolute atomic E-state index is 0.0751. The van der Waals surface area contributed by atoms with Crippen LogP contribution >= 0.6 is 0 Å². The van der Waals surface area contributed by atoms with Crippen LogP contribution in [0, 0.1) is 0 Å². The Morgan fingerprint density at radius 3 is 2.88 bits per heavy atom. The van der Waals surface area contributed by atoms with Gasteiger partial charge in [-0.2, -0.15) is 5.10 Å². The topological polar surface area (TPSA) is 71.9 Å². The van der Waals surface area contributed by atoms with E-state index in [0.717, 1.165) is 35.9 Å². The van der Waals surface area contributed by atoms with Crippen molar-refractivity contribution in [3.63, 3.8) is 0 Å². The van der Waals surface area contributed by atoms with Crippen LogP contribution in [-0.2, 0) is 13.5 Å². The van der Waals surface area contributed by atoms with Gasteiger partial charge >= 0.3 is 0 Å². The lowest BCUT2D eigenvalue weighted by atomic mass is 10.1.